The molecular weight excluding hydrogens is 424 g/mol. The van der Waals surface area contributed by atoms with Crippen molar-refractivity contribution in [3.05, 3.63) is 66.1 Å². The molecule has 0 bridgehead atoms. The molecule has 0 aliphatic rings. The van der Waals surface area contributed by atoms with Gasteiger partial charge in [-0.05, 0) is 42.5 Å². The molecule has 3 rings (SSSR count). The summed E-state index contributed by atoms with van der Waals surface area (Å²) in [5, 5.41) is 9.53. The molecule has 26 heavy (non-hydrogen) atoms. The second-order valence-electron chi connectivity index (χ2n) is 5.34. The molecule has 0 saturated heterocycles. The quantitative estimate of drug-likeness (QED) is 0.629. The largest absolute Gasteiger partial charge is 0.240 e. The molecule has 0 saturated carbocycles. The Bertz CT molecular complexity index is 1060. The van der Waals surface area contributed by atoms with E-state index in [0.717, 1.165) is 0 Å². The fraction of sp³-hybridized carbons (Fsp3) is 0.0625. The van der Waals surface area contributed by atoms with Crippen LogP contribution in [0.5, 0.6) is 0 Å². The number of hydrogen-bond acceptors (Lipinski definition) is 3. The molecule has 0 spiro atoms. The summed E-state index contributed by atoms with van der Waals surface area (Å²) in [4.78, 5) is -0.151. The Kier molecular flexibility index (Phi) is 5.02. The molecule has 0 amide bonds. The molecule has 10 heteroatoms. The number of aromatic nitrogens is 2. The fourth-order valence-electron chi connectivity index (χ4n) is 2.40. The van der Waals surface area contributed by atoms with Crippen LogP contribution in [0.1, 0.15) is 5.69 Å². The maximum atomic E-state index is 13.3. The first-order chi connectivity index (χ1) is 12.1. The van der Waals surface area contributed by atoms with Crippen LogP contribution in [0.4, 0.5) is 4.39 Å². The number of sulfonamides is 1. The van der Waals surface area contributed by atoms with E-state index in [1.54, 1.807) is 6.07 Å². The van der Waals surface area contributed by atoms with Gasteiger partial charge in [0.2, 0.25) is 13.8 Å². The predicted octanol–water partition coefficient (Wildman–Crippen LogP) is 4.15. The standard InChI is InChI=1S/C16H11Cl3FN3O2S/c17-16(18,19)15-9-13(10-5-7-11(20)8-6-10)23(22-15)12-3-1-2-4-14(12)26(21,24)25/h1-9H,(H2,21,24,25). The number of halogens is 4. The monoisotopic (exact) mass is 433 g/mol. The molecule has 2 N–H and O–H groups in total. The summed E-state index contributed by atoms with van der Waals surface area (Å²) >= 11 is 17.8. The first-order valence-electron chi connectivity index (χ1n) is 7.13. The van der Waals surface area contributed by atoms with Gasteiger partial charge in [-0.15, -0.1) is 0 Å². The van der Waals surface area contributed by atoms with E-state index >= 15 is 0 Å². The third-order valence-corrected chi connectivity index (χ3v) is 5.08. The highest BCUT2D eigenvalue weighted by atomic mass is 35.6. The number of nitrogens with zero attached hydrogens (tertiary/aromatic N) is 2. The summed E-state index contributed by atoms with van der Waals surface area (Å²) in [6.45, 7) is 0. The van der Waals surface area contributed by atoms with Crippen LogP contribution < -0.4 is 5.14 Å². The molecule has 0 aliphatic heterocycles. The number of alkyl halides is 3. The lowest BCUT2D eigenvalue weighted by Gasteiger charge is -2.11. The zero-order valence-corrected chi connectivity index (χ0v) is 16.0. The van der Waals surface area contributed by atoms with E-state index < -0.39 is 19.6 Å². The van der Waals surface area contributed by atoms with Gasteiger partial charge in [-0.25, -0.2) is 22.6 Å². The summed E-state index contributed by atoms with van der Waals surface area (Å²) in [7, 11) is -4.03. The average molecular weight is 435 g/mol. The predicted molar refractivity (Wildman–Crippen MR) is 99.6 cm³/mol. The highest BCUT2D eigenvalue weighted by Gasteiger charge is 2.29. The van der Waals surface area contributed by atoms with E-state index in [0.29, 0.717) is 11.3 Å². The van der Waals surface area contributed by atoms with Crippen LogP contribution in [0.25, 0.3) is 16.9 Å². The van der Waals surface area contributed by atoms with Crippen molar-refractivity contribution < 1.29 is 12.8 Å². The summed E-state index contributed by atoms with van der Waals surface area (Å²) < 4.78 is 36.6. The van der Waals surface area contributed by atoms with Crippen LogP contribution in [0, 0.1) is 5.82 Å². The smallest absolute Gasteiger partial charge is 0.231 e. The Morgan fingerprint density at radius 1 is 1.04 bits per heavy atom. The number of nitrogens with two attached hydrogens (primary N) is 1. The fourth-order valence-corrected chi connectivity index (χ4v) is 3.39. The van der Waals surface area contributed by atoms with Crippen LogP contribution in [-0.2, 0) is 13.8 Å². The van der Waals surface area contributed by atoms with Crippen LogP contribution in [0.15, 0.2) is 59.5 Å². The van der Waals surface area contributed by atoms with E-state index in [1.807, 2.05) is 0 Å². The lowest BCUT2D eigenvalue weighted by atomic mass is 10.1. The maximum Gasteiger partial charge on any atom is 0.240 e. The van der Waals surface area contributed by atoms with Crippen molar-refractivity contribution in [2.75, 3.05) is 0 Å². The second kappa shape index (κ2) is 6.83. The molecule has 2 aromatic carbocycles. The molecule has 0 atom stereocenters. The maximum absolute atomic E-state index is 13.3. The van der Waals surface area contributed by atoms with Crippen LogP contribution in [0.2, 0.25) is 0 Å². The van der Waals surface area contributed by atoms with E-state index in [2.05, 4.69) is 5.10 Å². The number of hydrogen-bond donors (Lipinski definition) is 1. The molecule has 0 unspecified atom stereocenters. The average Bonchev–Trinajstić information content (AvgIpc) is 3.00. The van der Waals surface area contributed by atoms with Crippen molar-refractivity contribution in [2.24, 2.45) is 5.14 Å². The summed E-state index contributed by atoms with van der Waals surface area (Å²) in [5.74, 6) is -0.425. The zero-order valence-electron chi connectivity index (χ0n) is 12.9. The topological polar surface area (TPSA) is 78.0 Å². The molecular formula is C16H11Cl3FN3O2S. The molecule has 1 aromatic heterocycles. The first kappa shape index (κ1) is 19.1. The number of primary sulfonamides is 1. The van der Waals surface area contributed by atoms with Crippen molar-refractivity contribution in [3.8, 4) is 16.9 Å². The van der Waals surface area contributed by atoms with E-state index in [-0.39, 0.29) is 16.3 Å². The minimum Gasteiger partial charge on any atom is -0.231 e. The Balaban J connectivity index is 2.31. The van der Waals surface area contributed by atoms with Crippen molar-refractivity contribution in [2.45, 2.75) is 8.69 Å². The normalized spacial score (nSPS) is 12.3. The molecule has 0 aliphatic carbocycles. The number of para-hydroxylation sites is 1. The lowest BCUT2D eigenvalue weighted by molar-refractivity contribution is 0.596. The Morgan fingerprint density at radius 3 is 2.23 bits per heavy atom. The van der Waals surface area contributed by atoms with Crippen molar-refractivity contribution in [1.29, 1.82) is 0 Å². The van der Waals surface area contributed by atoms with Gasteiger partial charge in [-0.1, -0.05) is 46.9 Å². The van der Waals surface area contributed by atoms with Gasteiger partial charge in [0.15, 0.2) is 0 Å². The summed E-state index contributed by atoms with van der Waals surface area (Å²) in [6, 6.07) is 13.0. The van der Waals surface area contributed by atoms with Crippen molar-refractivity contribution >= 4 is 44.8 Å². The second-order valence-corrected chi connectivity index (χ2v) is 9.16. The summed E-state index contributed by atoms with van der Waals surface area (Å²) in [6.07, 6.45) is 0. The molecule has 5 nitrogen and oxygen atoms in total. The summed E-state index contributed by atoms with van der Waals surface area (Å²) in [5.41, 5.74) is 1.20. The van der Waals surface area contributed by atoms with Gasteiger partial charge in [0.1, 0.15) is 16.4 Å². The van der Waals surface area contributed by atoms with E-state index in [4.69, 9.17) is 39.9 Å². The number of rotatable bonds is 3. The lowest BCUT2D eigenvalue weighted by Crippen LogP contribution is -2.16. The SMILES string of the molecule is NS(=O)(=O)c1ccccc1-n1nc(C(Cl)(Cl)Cl)cc1-c1ccc(F)cc1. The highest BCUT2D eigenvalue weighted by molar-refractivity contribution is 7.89. The molecule has 1 heterocycles. The van der Waals surface area contributed by atoms with Crippen LogP contribution in [0.3, 0.4) is 0 Å². The molecule has 0 radical (unpaired) electrons. The van der Waals surface area contributed by atoms with Gasteiger partial charge < -0.3 is 0 Å². The highest BCUT2D eigenvalue weighted by Crippen LogP contribution is 2.40. The van der Waals surface area contributed by atoms with Crippen molar-refractivity contribution in [3.63, 3.8) is 0 Å². The van der Waals surface area contributed by atoms with E-state index in [1.165, 1.54) is 53.2 Å². The van der Waals surface area contributed by atoms with Gasteiger partial charge in [-0.3, -0.25) is 0 Å². The number of benzene rings is 2. The minimum absolute atomic E-state index is 0.0750. The van der Waals surface area contributed by atoms with E-state index in [9.17, 15) is 12.8 Å². The Labute approximate surface area is 164 Å². The van der Waals surface area contributed by atoms with Crippen LogP contribution in [-0.4, -0.2) is 18.2 Å². The van der Waals surface area contributed by atoms with Gasteiger partial charge in [-0.2, -0.15) is 5.10 Å². The zero-order chi connectivity index (χ0) is 19.1. The molecule has 0 fully saturated rings. The third kappa shape index (κ3) is 3.87. The molecule has 136 valence electrons. The van der Waals surface area contributed by atoms with Crippen molar-refractivity contribution in [1.82, 2.24) is 9.78 Å². The minimum atomic E-state index is -4.03. The Morgan fingerprint density at radius 2 is 1.65 bits per heavy atom. The molecule has 3 aromatic rings. The van der Waals surface area contributed by atoms with Crippen LogP contribution >= 0.6 is 34.8 Å². The third-order valence-electron chi connectivity index (χ3n) is 3.54. The Hall–Kier alpha value is -1.64. The van der Waals surface area contributed by atoms with Gasteiger partial charge >= 0.3 is 0 Å². The van der Waals surface area contributed by atoms with Gasteiger partial charge in [0.05, 0.1) is 11.4 Å². The van der Waals surface area contributed by atoms with Gasteiger partial charge in [0.25, 0.3) is 0 Å². The van der Waals surface area contributed by atoms with Gasteiger partial charge in [0, 0.05) is 5.56 Å². The first-order valence-corrected chi connectivity index (χ1v) is 9.81.